The number of nitrogens with zero attached hydrogens (tertiary/aromatic N) is 3. The molecule has 84 valence electrons. The van der Waals surface area contributed by atoms with Crippen LogP contribution in [0.3, 0.4) is 0 Å². The van der Waals surface area contributed by atoms with Gasteiger partial charge in [0.2, 0.25) is 0 Å². The average molecular weight is 241 g/mol. The van der Waals surface area contributed by atoms with Crippen LogP contribution < -0.4 is 0 Å². The predicted octanol–water partition coefficient (Wildman–Crippen LogP) is 3.10. The van der Waals surface area contributed by atoms with Crippen LogP contribution >= 0.6 is 11.3 Å². The molecule has 1 rings (SSSR count). The van der Waals surface area contributed by atoms with E-state index in [2.05, 4.69) is 14.8 Å². The van der Waals surface area contributed by atoms with Crippen molar-refractivity contribution in [3.63, 3.8) is 0 Å². The van der Waals surface area contributed by atoms with E-state index >= 15 is 0 Å². The molecule has 5 nitrogen and oxygen atoms in total. The van der Waals surface area contributed by atoms with Crippen LogP contribution in [0.25, 0.3) is 16.5 Å². The highest BCUT2D eigenvalue weighted by molar-refractivity contribution is 7.08. The molecule has 0 spiro atoms. The van der Waals surface area contributed by atoms with Gasteiger partial charge in [-0.1, -0.05) is 5.11 Å². The van der Waals surface area contributed by atoms with Crippen LogP contribution in [0.4, 0.5) is 4.39 Å². The molecule has 0 atom stereocenters. The minimum Gasteiger partial charge on any atom is -0.462 e. The van der Waals surface area contributed by atoms with E-state index in [1.807, 2.05) is 0 Å². The van der Waals surface area contributed by atoms with Crippen molar-refractivity contribution in [3.05, 3.63) is 38.3 Å². The molecule has 0 radical (unpaired) electrons. The Morgan fingerprint density at radius 3 is 3.06 bits per heavy atom. The van der Waals surface area contributed by atoms with Crippen molar-refractivity contribution in [1.29, 1.82) is 0 Å². The van der Waals surface area contributed by atoms with Gasteiger partial charge in [-0.05, 0) is 30.2 Å². The maximum Gasteiger partial charge on any atom is 0.340 e. The van der Waals surface area contributed by atoms with Gasteiger partial charge in [0.1, 0.15) is 5.70 Å². The zero-order valence-electron chi connectivity index (χ0n) is 8.38. The van der Waals surface area contributed by atoms with Gasteiger partial charge in [-0.25, -0.2) is 4.79 Å². The van der Waals surface area contributed by atoms with E-state index in [-0.39, 0.29) is 17.4 Å². The number of esters is 1. The molecule has 7 heteroatoms. The van der Waals surface area contributed by atoms with Crippen LogP contribution in [0.5, 0.6) is 0 Å². The first-order valence-corrected chi connectivity index (χ1v) is 5.23. The first-order valence-electron chi connectivity index (χ1n) is 4.35. The van der Waals surface area contributed by atoms with Crippen LogP contribution in [0.2, 0.25) is 0 Å². The Kier molecular flexibility index (Phi) is 4.50. The zero-order chi connectivity index (χ0) is 12.0. The maximum absolute atomic E-state index is 12.7. The van der Waals surface area contributed by atoms with E-state index in [1.54, 1.807) is 6.92 Å². The Bertz CT molecular complexity index is 463. The summed E-state index contributed by atoms with van der Waals surface area (Å²) in [5.41, 5.74) is 8.54. The summed E-state index contributed by atoms with van der Waals surface area (Å²) in [5, 5.41) is 4.32. The molecule has 0 N–H and O–H groups in total. The molecule has 0 amide bonds. The zero-order valence-corrected chi connectivity index (χ0v) is 9.20. The van der Waals surface area contributed by atoms with Gasteiger partial charge in [0, 0.05) is 10.3 Å². The summed E-state index contributed by atoms with van der Waals surface area (Å²) in [5.74, 6) is -0.730. The van der Waals surface area contributed by atoms with E-state index in [9.17, 15) is 9.18 Å². The number of carbonyl (C=O) groups excluding carboxylic acids is 1. The van der Waals surface area contributed by atoms with Crippen LogP contribution in [-0.2, 0) is 9.53 Å². The number of thiophene rings is 1. The molecule has 1 aromatic heterocycles. The number of halogens is 1. The number of ether oxygens (including phenoxy) is 1. The van der Waals surface area contributed by atoms with Crippen LogP contribution in [0.15, 0.2) is 22.3 Å². The molecule has 0 unspecified atom stereocenters. The lowest BCUT2D eigenvalue weighted by Gasteiger charge is -1.99. The second-order valence-corrected chi connectivity index (χ2v) is 3.49. The number of hydrogen-bond acceptors (Lipinski definition) is 4. The molecule has 1 heterocycles. The summed E-state index contributed by atoms with van der Waals surface area (Å²) < 4.78 is 17.4. The average Bonchev–Trinajstić information content (AvgIpc) is 2.64. The Morgan fingerprint density at radius 1 is 1.81 bits per heavy atom. The molecule has 16 heavy (non-hydrogen) atoms. The third kappa shape index (κ3) is 3.38. The molecule has 0 saturated carbocycles. The molecule has 0 bridgehead atoms. The van der Waals surface area contributed by atoms with Crippen molar-refractivity contribution in [2.75, 3.05) is 6.61 Å². The van der Waals surface area contributed by atoms with Crippen LogP contribution in [-0.4, -0.2) is 12.6 Å². The number of rotatable bonds is 4. The fourth-order valence-electron chi connectivity index (χ4n) is 0.939. The van der Waals surface area contributed by atoms with E-state index in [4.69, 9.17) is 5.53 Å². The Morgan fingerprint density at radius 2 is 2.56 bits per heavy atom. The number of hydrogen-bond donors (Lipinski definition) is 0. The molecule has 0 aliphatic carbocycles. The quantitative estimate of drug-likeness (QED) is 0.267. The SMILES string of the molecule is CCOC(=O)C(=Cc1csc(F)c1)N=[N+]=[N-]. The van der Waals surface area contributed by atoms with Crippen molar-refractivity contribution in [3.8, 4) is 0 Å². The van der Waals surface area contributed by atoms with Crippen molar-refractivity contribution >= 4 is 23.4 Å². The predicted molar refractivity (Wildman–Crippen MR) is 58.0 cm³/mol. The Labute approximate surface area is 94.8 Å². The standard InChI is InChI=1S/C9H8FN3O2S/c1-2-15-9(14)7(12-13-11)3-6-4-8(10)16-5-6/h3-5H,2H2,1H3. The Balaban J connectivity index is 2.97. The summed E-state index contributed by atoms with van der Waals surface area (Å²) in [6.45, 7) is 1.81. The van der Waals surface area contributed by atoms with Gasteiger partial charge in [-0.3, -0.25) is 0 Å². The minimum absolute atomic E-state index is 0.176. The van der Waals surface area contributed by atoms with Gasteiger partial charge in [-0.15, -0.1) is 11.3 Å². The minimum atomic E-state index is -0.730. The lowest BCUT2D eigenvalue weighted by Crippen LogP contribution is -2.05. The van der Waals surface area contributed by atoms with Crippen molar-refractivity contribution in [1.82, 2.24) is 0 Å². The lowest BCUT2D eigenvalue weighted by atomic mass is 10.3. The maximum atomic E-state index is 12.7. The second kappa shape index (κ2) is 5.89. The highest BCUT2D eigenvalue weighted by Crippen LogP contribution is 2.16. The molecule has 0 saturated heterocycles. The Hall–Kier alpha value is -1.85. The van der Waals surface area contributed by atoms with E-state index in [0.29, 0.717) is 5.56 Å². The van der Waals surface area contributed by atoms with Crippen LogP contribution in [0, 0.1) is 5.13 Å². The molecule has 0 aliphatic rings. The molecular weight excluding hydrogens is 233 g/mol. The fraction of sp³-hybridized carbons (Fsp3) is 0.222. The monoisotopic (exact) mass is 241 g/mol. The van der Waals surface area contributed by atoms with Crippen molar-refractivity contribution in [2.24, 2.45) is 5.11 Å². The van der Waals surface area contributed by atoms with Crippen LogP contribution in [0.1, 0.15) is 12.5 Å². The van der Waals surface area contributed by atoms with Crippen molar-refractivity contribution in [2.45, 2.75) is 6.92 Å². The number of azide groups is 1. The summed E-state index contributed by atoms with van der Waals surface area (Å²) >= 11 is 0.891. The smallest absolute Gasteiger partial charge is 0.340 e. The van der Waals surface area contributed by atoms with Gasteiger partial charge < -0.3 is 4.74 Å². The normalized spacial score (nSPS) is 10.8. The van der Waals surface area contributed by atoms with Gasteiger partial charge in [0.25, 0.3) is 0 Å². The summed E-state index contributed by atoms with van der Waals surface area (Å²) in [7, 11) is 0. The number of carbonyl (C=O) groups is 1. The first-order chi connectivity index (χ1) is 7.67. The first kappa shape index (κ1) is 12.2. The van der Waals surface area contributed by atoms with Gasteiger partial charge in [-0.2, -0.15) is 4.39 Å². The summed E-state index contributed by atoms with van der Waals surface area (Å²) in [4.78, 5) is 13.8. The third-order valence-corrected chi connectivity index (χ3v) is 2.26. The lowest BCUT2D eigenvalue weighted by molar-refractivity contribution is -0.138. The largest absolute Gasteiger partial charge is 0.462 e. The van der Waals surface area contributed by atoms with Gasteiger partial charge in [0.15, 0.2) is 5.13 Å². The van der Waals surface area contributed by atoms with Gasteiger partial charge in [0.05, 0.1) is 6.61 Å². The van der Waals surface area contributed by atoms with E-state index in [1.165, 1.54) is 17.5 Å². The van der Waals surface area contributed by atoms with E-state index < -0.39 is 5.97 Å². The van der Waals surface area contributed by atoms with E-state index in [0.717, 1.165) is 11.3 Å². The summed E-state index contributed by atoms with van der Waals surface area (Å²) in [6, 6.07) is 1.23. The second-order valence-electron chi connectivity index (χ2n) is 2.62. The third-order valence-electron chi connectivity index (χ3n) is 1.53. The molecule has 0 fully saturated rings. The van der Waals surface area contributed by atoms with Crippen molar-refractivity contribution < 1.29 is 13.9 Å². The molecule has 0 aromatic carbocycles. The highest BCUT2D eigenvalue weighted by Gasteiger charge is 2.09. The summed E-state index contributed by atoms with van der Waals surface area (Å²) in [6.07, 6.45) is 1.28. The topological polar surface area (TPSA) is 75.1 Å². The molecular formula is C9H8FN3O2S. The fourth-order valence-corrected chi connectivity index (χ4v) is 1.53. The van der Waals surface area contributed by atoms with Gasteiger partial charge >= 0.3 is 5.97 Å². The molecule has 0 aliphatic heterocycles. The highest BCUT2D eigenvalue weighted by atomic mass is 32.1. The molecule has 1 aromatic rings.